The Hall–Kier alpha value is -0.630. The van der Waals surface area contributed by atoms with E-state index < -0.39 is 0 Å². The summed E-state index contributed by atoms with van der Waals surface area (Å²) in [7, 11) is 0. The first-order valence-corrected chi connectivity index (χ1v) is 7.31. The van der Waals surface area contributed by atoms with Crippen LogP contribution in [0.15, 0.2) is 11.4 Å². The molecule has 88 valence electrons. The molecule has 0 N–H and O–H groups in total. The van der Waals surface area contributed by atoms with Crippen LogP contribution in [0.2, 0.25) is 0 Å². The second-order valence-electron chi connectivity index (χ2n) is 4.68. The number of rotatable bonds is 3. The molecule has 1 aliphatic rings. The third kappa shape index (κ3) is 2.54. The topological polar surface area (TPSA) is 17.1 Å². The summed E-state index contributed by atoms with van der Waals surface area (Å²) < 4.78 is 0. The molecule has 0 radical (unpaired) electrons. The molecule has 1 heterocycles. The van der Waals surface area contributed by atoms with Gasteiger partial charge in [0.05, 0.1) is 4.88 Å². The van der Waals surface area contributed by atoms with Crippen LogP contribution in [0.4, 0.5) is 0 Å². The van der Waals surface area contributed by atoms with Gasteiger partial charge in [-0.05, 0) is 36.3 Å². The van der Waals surface area contributed by atoms with Gasteiger partial charge in [0.2, 0.25) is 0 Å². The van der Waals surface area contributed by atoms with E-state index in [0.717, 1.165) is 24.1 Å². The van der Waals surface area contributed by atoms with Gasteiger partial charge < -0.3 is 0 Å². The van der Waals surface area contributed by atoms with Gasteiger partial charge in [-0.15, -0.1) is 11.3 Å². The molecule has 16 heavy (non-hydrogen) atoms. The molecule has 2 heteroatoms. The Morgan fingerprint density at radius 3 is 2.62 bits per heavy atom. The average molecular weight is 236 g/mol. The first kappa shape index (κ1) is 11.8. The molecule has 0 atom stereocenters. The number of Topliss-reactive ketones (excluding diaryl/α,β-unsaturated/α-hetero) is 1. The van der Waals surface area contributed by atoms with Crippen molar-refractivity contribution in [2.45, 2.75) is 51.9 Å². The van der Waals surface area contributed by atoms with Crippen LogP contribution in [0.5, 0.6) is 0 Å². The highest BCUT2D eigenvalue weighted by molar-refractivity contribution is 7.12. The van der Waals surface area contributed by atoms with E-state index in [9.17, 15) is 4.79 Å². The van der Waals surface area contributed by atoms with Crippen molar-refractivity contribution in [2.24, 2.45) is 5.92 Å². The van der Waals surface area contributed by atoms with Crippen molar-refractivity contribution in [3.05, 3.63) is 21.9 Å². The maximum atomic E-state index is 12.4. The Kier molecular flexibility index (Phi) is 4.16. The van der Waals surface area contributed by atoms with Crippen LogP contribution >= 0.6 is 11.3 Å². The predicted molar refractivity (Wildman–Crippen MR) is 69.2 cm³/mol. The highest BCUT2D eigenvalue weighted by Gasteiger charge is 2.23. The Labute approximate surface area is 102 Å². The first-order chi connectivity index (χ1) is 7.83. The number of aryl methyl sites for hydroxylation is 1. The van der Waals surface area contributed by atoms with Gasteiger partial charge in [0.1, 0.15) is 0 Å². The summed E-state index contributed by atoms with van der Waals surface area (Å²) >= 11 is 1.63. The van der Waals surface area contributed by atoms with Crippen molar-refractivity contribution < 1.29 is 4.79 Å². The van der Waals surface area contributed by atoms with Crippen LogP contribution in [0, 0.1) is 5.92 Å². The molecule has 0 spiro atoms. The molecule has 1 aromatic rings. The minimum atomic E-state index is 0.312. The Morgan fingerprint density at radius 2 is 2.00 bits per heavy atom. The average Bonchev–Trinajstić information content (AvgIpc) is 2.61. The summed E-state index contributed by atoms with van der Waals surface area (Å²) in [4.78, 5) is 13.4. The summed E-state index contributed by atoms with van der Waals surface area (Å²) in [5.74, 6) is 0.736. The summed E-state index contributed by atoms with van der Waals surface area (Å²) in [5.41, 5.74) is 1.25. The van der Waals surface area contributed by atoms with Gasteiger partial charge in [-0.1, -0.05) is 32.6 Å². The maximum absolute atomic E-state index is 12.4. The van der Waals surface area contributed by atoms with E-state index >= 15 is 0 Å². The molecule has 1 nitrogen and oxygen atoms in total. The Morgan fingerprint density at radius 1 is 1.31 bits per heavy atom. The molecule has 0 bridgehead atoms. The SMILES string of the molecule is CCc1ccsc1C(=O)C1CCCCCC1. The molecule has 0 unspecified atom stereocenters. The van der Waals surface area contributed by atoms with Crippen molar-refractivity contribution >= 4 is 17.1 Å². The van der Waals surface area contributed by atoms with Crippen molar-refractivity contribution in [3.8, 4) is 0 Å². The molecule has 0 amide bonds. The summed E-state index contributed by atoms with van der Waals surface area (Å²) in [6.45, 7) is 2.13. The van der Waals surface area contributed by atoms with E-state index in [0.29, 0.717) is 11.7 Å². The lowest BCUT2D eigenvalue weighted by molar-refractivity contribution is 0.0911. The second kappa shape index (κ2) is 5.62. The third-order valence-corrected chi connectivity index (χ3v) is 4.55. The van der Waals surface area contributed by atoms with E-state index in [1.165, 1.54) is 31.2 Å². The Balaban J connectivity index is 2.11. The number of ketones is 1. The minimum Gasteiger partial charge on any atom is -0.293 e. The third-order valence-electron chi connectivity index (χ3n) is 3.58. The number of hydrogen-bond acceptors (Lipinski definition) is 2. The minimum absolute atomic E-state index is 0.312. The highest BCUT2D eigenvalue weighted by atomic mass is 32.1. The van der Waals surface area contributed by atoms with Gasteiger partial charge >= 0.3 is 0 Å². The van der Waals surface area contributed by atoms with Crippen LogP contribution < -0.4 is 0 Å². The molecule has 0 aliphatic heterocycles. The number of thiophene rings is 1. The Bertz CT molecular complexity index is 345. The van der Waals surface area contributed by atoms with Crippen LogP contribution in [-0.4, -0.2) is 5.78 Å². The molecule has 0 aromatic carbocycles. The zero-order chi connectivity index (χ0) is 11.4. The molecule has 1 fully saturated rings. The lowest BCUT2D eigenvalue weighted by Gasteiger charge is -2.12. The summed E-state index contributed by atoms with van der Waals surface area (Å²) in [5, 5.41) is 2.06. The van der Waals surface area contributed by atoms with Crippen LogP contribution in [0.3, 0.4) is 0 Å². The number of carbonyl (C=O) groups excluding carboxylic acids is 1. The van der Waals surface area contributed by atoms with E-state index in [2.05, 4.69) is 18.4 Å². The van der Waals surface area contributed by atoms with Gasteiger partial charge in [-0.25, -0.2) is 0 Å². The van der Waals surface area contributed by atoms with Gasteiger partial charge in [0, 0.05) is 5.92 Å². The molecule has 1 saturated carbocycles. The fourth-order valence-electron chi connectivity index (χ4n) is 2.56. The van der Waals surface area contributed by atoms with Gasteiger partial charge in [-0.2, -0.15) is 0 Å². The molecule has 0 saturated heterocycles. The quantitative estimate of drug-likeness (QED) is 0.559. The predicted octanol–water partition coefficient (Wildman–Crippen LogP) is 4.46. The summed E-state index contributed by atoms with van der Waals surface area (Å²) in [6.07, 6.45) is 8.31. The first-order valence-electron chi connectivity index (χ1n) is 6.43. The fourth-order valence-corrected chi connectivity index (χ4v) is 3.57. The van der Waals surface area contributed by atoms with Crippen molar-refractivity contribution in [3.63, 3.8) is 0 Å². The fraction of sp³-hybridized carbons (Fsp3) is 0.643. The number of hydrogen-bond donors (Lipinski definition) is 0. The zero-order valence-electron chi connectivity index (χ0n) is 10.00. The van der Waals surface area contributed by atoms with E-state index in [4.69, 9.17) is 0 Å². The normalized spacial score (nSPS) is 18.3. The van der Waals surface area contributed by atoms with Gasteiger partial charge in [0.15, 0.2) is 5.78 Å². The van der Waals surface area contributed by atoms with Gasteiger partial charge in [-0.3, -0.25) is 4.79 Å². The van der Waals surface area contributed by atoms with Gasteiger partial charge in [0.25, 0.3) is 0 Å². The maximum Gasteiger partial charge on any atom is 0.176 e. The van der Waals surface area contributed by atoms with Crippen LogP contribution in [0.1, 0.15) is 60.7 Å². The van der Waals surface area contributed by atoms with Crippen molar-refractivity contribution in [1.82, 2.24) is 0 Å². The highest BCUT2D eigenvalue weighted by Crippen LogP contribution is 2.29. The monoisotopic (exact) mass is 236 g/mol. The molecular weight excluding hydrogens is 216 g/mol. The lowest BCUT2D eigenvalue weighted by Crippen LogP contribution is -2.14. The molecular formula is C14H20OS. The molecule has 1 aliphatic carbocycles. The largest absolute Gasteiger partial charge is 0.293 e. The number of carbonyl (C=O) groups is 1. The van der Waals surface area contributed by atoms with E-state index in [1.54, 1.807) is 11.3 Å². The molecule has 1 aromatic heterocycles. The molecule has 2 rings (SSSR count). The smallest absolute Gasteiger partial charge is 0.176 e. The van der Waals surface area contributed by atoms with Crippen LogP contribution in [0.25, 0.3) is 0 Å². The van der Waals surface area contributed by atoms with Crippen molar-refractivity contribution in [1.29, 1.82) is 0 Å². The van der Waals surface area contributed by atoms with E-state index in [-0.39, 0.29) is 0 Å². The van der Waals surface area contributed by atoms with Crippen molar-refractivity contribution in [2.75, 3.05) is 0 Å². The summed E-state index contributed by atoms with van der Waals surface area (Å²) in [6, 6.07) is 2.11. The van der Waals surface area contributed by atoms with Crippen LogP contribution in [-0.2, 0) is 6.42 Å². The lowest BCUT2D eigenvalue weighted by atomic mass is 9.93. The standard InChI is InChI=1S/C14H20OS/c1-2-11-9-10-16-14(11)13(15)12-7-5-3-4-6-8-12/h9-10,12H,2-8H2,1H3. The second-order valence-corrected chi connectivity index (χ2v) is 5.60. The van der Waals surface area contributed by atoms with E-state index in [1.807, 2.05) is 0 Å². The zero-order valence-corrected chi connectivity index (χ0v) is 10.8.